The van der Waals surface area contributed by atoms with Crippen LogP contribution in [0.3, 0.4) is 0 Å². The van der Waals surface area contributed by atoms with E-state index in [0.717, 1.165) is 29.2 Å². The van der Waals surface area contributed by atoms with Crippen LogP contribution in [0.2, 0.25) is 0 Å². The molecule has 1 aromatic carbocycles. The molecule has 0 saturated carbocycles. The molecule has 0 aliphatic rings. The molecule has 116 valence electrons. The fraction of sp³-hybridized carbons (Fsp3) is 0.385. The van der Waals surface area contributed by atoms with Gasteiger partial charge in [0.1, 0.15) is 12.3 Å². The van der Waals surface area contributed by atoms with Gasteiger partial charge in [0.05, 0.1) is 5.56 Å². The van der Waals surface area contributed by atoms with Gasteiger partial charge in [-0.15, -0.1) is 0 Å². The van der Waals surface area contributed by atoms with Crippen LogP contribution in [0.25, 0.3) is 0 Å². The van der Waals surface area contributed by atoms with E-state index < -0.39 is 36.8 Å². The number of carboxylic acid groups (broad SMARTS) is 1. The van der Waals surface area contributed by atoms with Crippen molar-refractivity contribution in [2.24, 2.45) is 0 Å². The Morgan fingerprint density at radius 1 is 1.24 bits per heavy atom. The predicted molar refractivity (Wildman–Crippen MR) is 66.8 cm³/mol. The van der Waals surface area contributed by atoms with Gasteiger partial charge in [-0.2, -0.15) is 13.2 Å². The number of rotatable bonds is 6. The lowest BCUT2D eigenvalue weighted by Crippen LogP contribution is -2.38. The number of amides is 1. The number of ether oxygens (including phenoxy) is 1. The molecule has 0 aliphatic heterocycles. The molecule has 0 heterocycles. The Balaban J connectivity index is 2.58. The highest BCUT2D eigenvalue weighted by Gasteiger charge is 2.30. The molecular weight excluding hydrogens is 291 g/mol. The summed E-state index contributed by atoms with van der Waals surface area (Å²) in [5, 5.41) is 8.61. The first kappa shape index (κ1) is 16.8. The predicted octanol–water partition coefficient (Wildman–Crippen LogP) is 2.02. The van der Waals surface area contributed by atoms with Crippen molar-refractivity contribution in [3.63, 3.8) is 0 Å². The Hall–Kier alpha value is -2.25. The minimum atomic E-state index is -4.44. The molecule has 0 bridgehead atoms. The average Bonchev–Trinajstić information content (AvgIpc) is 2.41. The van der Waals surface area contributed by atoms with E-state index in [1.54, 1.807) is 6.92 Å². The lowest BCUT2D eigenvalue weighted by molar-refractivity contribution is -0.145. The molecule has 5 nitrogen and oxygen atoms in total. The van der Waals surface area contributed by atoms with Crippen molar-refractivity contribution >= 4 is 11.9 Å². The van der Waals surface area contributed by atoms with Crippen LogP contribution < -0.4 is 4.74 Å². The molecular formula is C13H14F3NO4. The van der Waals surface area contributed by atoms with Crippen molar-refractivity contribution in [2.75, 3.05) is 19.7 Å². The second kappa shape index (κ2) is 6.96. The van der Waals surface area contributed by atoms with Crippen LogP contribution in [0.5, 0.6) is 5.75 Å². The molecule has 0 spiro atoms. The Morgan fingerprint density at radius 2 is 1.81 bits per heavy atom. The number of nitrogens with zero attached hydrogens (tertiary/aromatic N) is 1. The van der Waals surface area contributed by atoms with Crippen molar-refractivity contribution in [3.8, 4) is 5.75 Å². The zero-order chi connectivity index (χ0) is 16.0. The topological polar surface area (TPSA) is 66.8 Å². The molecule has 8 heteroatoms. The molecule has 0 unspecified atom stereocenters. The number of halogens is 3. The molecule has 0 aromatic heterocycles. The highest BCUT2D eigenvalue weighted by molar-refractivity contribution is 5.82. The molecule has 1 aromatic rings. The third-order valence-electron chi connectivity index (χ3n) is 2.60. The van der Waals surface area contributed by atoms with Gasteiger partial charge in [-0.25, -0.2) is 0 Å². The van der Waals surface area contributed by atoms with E-state index in [0.29, 0.717) is 0 Å². The molecule has 0 aliphatic carbocycles. The van der Waals surface area contributed by atoms with Crippen LogP contribution in [0.15, 0.2) is 24.3 Å². The normalized spacial score (nSPS) is 11.0. The van der Waals surface area contributed by atoms with E-state index in [1.807, 2.05) is 0 Å². The summed E-state index contributed by atoms with van der Waals surface area (Å²) in [6.07, 6.45) is -4.44. The summed E-state index contributed by atoms with van der Waals surface area (Å²) in [4.78, 5) is 23.3. The number of hydrogen-bond acceptors (Lipinski definition) is 3. The van der Waals surface area contributed by atoms with E-state index in [-0.39, 0.29) is 12.3 Å². The van der Waals surface area contributed by atoms with Gasteiger partial charge in [-0.1, -0.05) is 0 Å². The summed E-state index contributed by atoms with van der Waals surface area (Å²) in [7, 11) is 0. The van der Waals surface area contributed by atoms with Gasteiger partial charge in [0.25, 0.3) is 5.91 Å². The minimum absolute atomic E-state index is 0.0997. The minimum Gasteiger partial charge on any atom is -0.484 e. The van der Waals surface area contributed by atoms with Gasteiger partial charge < -0.3 is 14.7 Å². The van der Waals surface area contributed by atoms with E-state index in [4.69, 9.17) is 9.84 Å². The fourth-order valence-electron chi connectivity index (χ4n) is 1.52. The molecule has 0 radical (unpaired) electrons. The maximum absolute atomic E-state index is 12.3. The fourth-order valence-corrected chi connectivity index (χ4v) is 1.52. The molecule has 1 N–H and O–H groups in total. The first-order valence-corrected chi connectivity index (χ1v) is 6.03. The Labute approximate surface area is 118 Å². The lowest BCUT2D eigenvalue weighted by Gasteiger charge is -2.18. The van der Waals surface area contributed by atoms with Gasteiger partial charge in [0.2, 0.25) is 0 Å². The summed E-state index contributed by atoms with van der Waals surface area (Å²) in [6.45, 7) is 0.915. The van der Waals surface area contributed by atoms with E-state index >= 15 is 0 Å². The van der Waals surface area contributed by atoms with Crippen LogP contribution in [0, 0.1) is 0 Å². The second-order valence-electron chi connectivity index (χ2n) is 4.11. The third kappa shape index (κ3) is 5.33. The van der Waals surface area contributed by atoms with Gasteiger partial charge in [-0.3, -0.25) is 9.59 Å². The highest BCUT2D eigenvalue weighted by Crippen LogP contribution is 2.30. The first-order valence-electron chi connectivity index (χ1n) is 6.03. The number of carbonyl (C=O) groups excluding carboxylic acids is 1. The number of hydrogen-bond donors (Lipinski definition) is 1. The van der Waals surface area contributed by atoms with Gasteiger partial charge in [-0.05, 0) is 31.2 Å². The van der Waals surface area contributed by atoms with E-state index in [2.05, 4.69) is 0 Å². The largest absolute Gasteiger partial charge is 0.484 e. The smallest absolute Gasteiger partial charge is 0.416 e. The highest BCUT2D eigenvalue weighted by atomic mass is 19.4. The van der Waals surface area contributed by atoms with Gasteiger partial charge >= 0.3 is 12.1 Å². The monoisotopic (exact) mass is 305 g/mol. The zero-order valence-corrected chi connectivity index (χ0v) is 11.2. The maximum Gasteiger partial charge on any atom is 0.416 e. The molecule has 21 heavy (non-hydrogen) atoms. The summed E-state index contributed by atoms with van der Waals surface area (Å²) in [5.41, 5.74) is -0.817. The van der Waals surface area contributed by atoms with E-state index in [9.17, 15) is 22.8 Å². The third-order valence-corrected chi connectivity index (χ3v) is 2.60. The Kier molecular flexibility index (Phi) is 5.57. The average molecular weight is 305 g/mol. The Bertz CT molecular complexity index is 499. The van der Waals surface area contributed by atoms with Crippen molar-refractivity contribution in [3.05, 3.63) is 29.8 Å². The number of likely N-dealkylation sites (N-methyl/N-ethyl adjacent to an activating group) is 1. The zero-order valence-electron chi connectivity index (χ0n) is 11.2. The van der Waals surface area contributed by atoms with Crippen LogP contribution in [-0.2, 0) is 15.8 Å². The summed E-state index contributed by atoms with van der Waals surface area (Å²) in [5.74, 6) is -1.61. The van der Waals surface area contributed by atoms with E-state index in [1.165, 1.54) is 0 Å². The summed E-state index contributed by atoms with van der Waals surface area (Å²) < 4.78 is 42.1. The number of alkyl halides is 3. The Morgan fingerprint density at radius 3 is 2.24 bits per heavy atom. The summed E-state index contributed by atoms with van der Waals surface area (Å²) >= 11 is 0. The van der Waals surface area contributed by atoms with Gasteiger partial charge in [0, 0.05) is 6.54 Å². The summed E-state index contributed by atoms with van der Waals surface area (Å²) in [6, 6.07) is 3.89. The number of carbonyl (C=O) groups is 2. The molecule has 1 rings (SSSR count). The first-order chi connectivity index (χ1) is 9.74. The second-order valence-corrected chi connectivity index (χ2v) is 4.11. The molecule has 1 amide bonds. The van der Waals surface area contributed by atoms with Crippen molar-refractivity contribution in [1.29, 1.82) is 0 Å². The maximum atomic E-state index is 12.3. The van der Waals surface area contributed by atoms with Crippen LogP contribution >= 0.6 is 0 Å². The number of aliphatic carboxylic acids is 1. The quantitative estimate of drug-likeness (QED) is 0.873. The number of benzene rings is 1. The SMILES string of the molecule is CCN(CC(=O)O)C(=O)COc1ccc(C(F)(F)F)cc1. The van der Waals surface area contributed by atoms with Crippen molar-refractivity contribution in [1.82, 2.24) is 4.90 Å². The standard InChI is InChI=1S/C13H14F3NO4/c1-2-17(7-12(19)20)11(18)8-21-10-5-3-9(4-6-10)13(14,15)16/h3-6H,2,7-8H2,1H3,(H,19,20). The molecule has 0 saturated heterocycles. The van der Waals surface area contributed by atoms with Crippen molar-refractivity contribution in [2.45, 2.75) is 13.1 Å². The van der Waals surface area contributed by atoms with Crippen molar-refractivity contribution < 1.29 is 32.6 Å². The van der Waals surface area contributed by atoms with Crippen LogP contribution in [-0.4, -0.2) is 41.6 Å². The number of carboxylic acids is 1. The van der Waals surface area contributed by atoms with Crippen LogP contribution in [0.1, 0.15) is 12.5 Å². The van der Waals surface area contributed by atoms with Gasteiger partial charge in [0.15, 0.2) is 6.61 Å². The molecule has 0 atom stereocenters. The lowest BCUT2D eigenvalue weighted by atomic mass is 10.2. The van der Waals surface area contributed by atoms with Crippen LogP contribution in [0.4, 0.5) is 13.2 Å². The molecule has 0 fully saturated rings.